The zero-order valence-corrected chi connectivity index (χ0v) is 9.26. The van der Waals surface area contributed by atoms with Crippen LogP contribution >= 0.6 is 0 Å². The van der Waals surface area contributed by atoms with Crippen molar-refractivity contribution in [2.45, 2.75) is 31.9 Å². The van der Waals surface area contributed by atoms with Crippen LogP contribution in [0, 0.1) is 0 Å². The summed E-state index contributed by atoms with van der Waals surface area (Å²) in [6.07, 6.45) is 2.22. The fourth-order valence-electron chi connectivity index (χ4n) is 2.46. The average Bonchev–Trinajstić information content (AvgIpc) is 2.72. The first kappa shape index (κ1) is 10.7. The van der Waals surface area contributed by atoms with Gasteiger partial charge in [-0.05, 0) is 38.4 Å². The maximum Gasteiger partial charge on any atom is 0.0708 e. The minimum Gasteiger partial charge on any atom is -0.391 e. The van der Waals surface area contributed by atoms with Crippen molar-refractivity contribution in [2.75, 3.05) is 13.1 Å². The first-order valence-electron chi connectivity index (χ1n) is 5.76. The second kappa shape index (κ2) is 4.77. The van der Waals surface area contributed by atoms with Crippen LogP contribution in [0.5, 0.6) is 0 Å². The van der Waals surface area contributed by atoms with E-state index in [0.717, 1.165) is 13.1 Å². The Morgan fingerprint density at radius 1 is 1.13 bits per heavy atom. The minimum atomic E-state index is -0.300. The van der Waals surface area contributed by atoms with Gasteiger partial charge in [0.15, 0.2) is 0 Å². The van der Waals surface area contributed by atoms with E-state index in [4.69, 9.17) is 0 Å². The van der Waals surface area contributed by atoms with Crippen LogP contribution < -0.4 is 0 Å². The van der Waals surface area contributed by atoms with Crippen LogP contribution in [0.15, 0.2) is 30.3 Å². The van der Waals surface area contributed by atoms with Crippen LogP contribution in [0.25, 0.3) is 0 Å². The van der Waals surface area contributed by atoms with Crippen LogP contribution in [0.3, 0.4) is 0 Å². The Hall–Kier alpha value is -0.860. The Labute approximate surface area is 91.5 Å². The standard InChI is InChI=1S/C13H19NO/c1-11(15)13(14-9-5-6-10-14)12-7-3-2-4-8-12/h2-4,7-8,11,13,15H,5-6,9-10H2,1H3/t11-,13-/m1/s1. The highest BCUT2D eigenvalue weighted by molar-refractivity contribution is 5.20. The Morgan fingerprint density at radius 2 is 1.73 bits per heavy atom. The van der Waals surface area contributed by atoms with Crippen molar-refractivity contribution in [2.24, 2.45) is 0 Å². The number of likely N-dealkylation sites (tertiary alicyclic amines) is 1. The predicted octanol–water partition coefficient (Wildman–Crippen LogP) is 2.20. The third kappa shape index (κ3) is 2.39. The summed E-state index contributed by atoms with van der Waals surface area (Å²) < 4.78 is 0. The highest BCUT2D eigenvalue weighted by atomic mass is 16.3. The molecule has 0 spiro atoms. The van der Waals surface area contributed by atoms with Crippen LogP contribution in [0.4, 0.5) is 0 Å². The quantitative estimate of drug-likeness (QED) is 0.817. The summed E-state index contributed by atoms with van der Waals surface area (Å²) in [5.41, 5.74) is 1.23. The Bertz CT molecular complexity index is 291. The summed E-state index contributed by atoms with van der Waals surface area (Å²) in [4.78, 5) is 2.39. The van der Waals surface area contributed by atoms with Gasteiger partial charge >= 0.3 is 0 Å². The predicted molar refractivity (Wildman–Crippen MR) is 61.7 cm³/mol. The van der Waals surface area contributed by atoms with Gasteiger partial charge < -0.3 is 5.11 Å². The molecule has 0 saturated carbocycles. The first-order valence-corrected chi connectivity index (χ1v) is 5.76. The smallest absolute Gasteiger partial charge is 0.0708 e. The highest BCUT2D eigenvalue weighted by Crippen LogP contribution is 2.27. The molecule has 82 valence electrons. The van der Waals surface area contributed by atoms with E-state index in [1.165, 1.54) is 18.4 Å². The first-order chi connectivity index (χ1) is 7.29. The summed E-state index contributed by atoms with van der Waals surface area (Å²) >= 11 is 0. The molecular weight excluding hydrogens is 186 g/mol. The van der Waals surface area contributed by atoms with E-state index in [1.807, 2.05) is 25.1 Å². The van der Waals surface area contributed by atoms with Gasteiger partial charge in [0.05, 0.1) is 12.1 Å². The van der Waals surface area contributed by atoms with Crippen LogP contribution in [-0.4, -0.2) is 29.2 Å². The number of benzene rings is 1. The number of hydrogen-bond acceptors (Lipinski definition) is 2. The Morgan fingerprint density at radius 3 is 2.27 bits per heavy atom. The molecule has 0 radical (unpaired) electrons. The highest BCUT2D eigenvalue weighted by Gasteiger charge is 2.26. The van der Waals surface area contributed by atoms with E-state index in [0.29, 0.717) is 0 Å². The molecule has 2 heteroatoms. The molecule has 1 aliphatic heterocycles. The van der Waals surface area contributed by atoms with Crippen LogP contribution in [0.2, 0.25) is 0 Å². The van der Waals surface area contributed by atoms with Gasteiger partial charge in [-0.2, -0.15) is 0 Å². The van der Waals surface area contributed by atoms with E-state index in [2.05, 4.69) is 17.0 Å². The van der Waals surface area contributed by atoms with Gasteiger partial charge in [-0.3, -0.25) is 4.90 Å². The summed E-state index contributed by atoms with van der Waals surface area (Å²) in [6, 6.07) is 10.5. The topological polar surface area (TPSA) is 23.5 Å². The lowest BCUT2D eigenvalue weighted by atomic mass is 10.0. The number of aliphatic hydroxyl groups excluding tert-OH is 1. The lowest BCUT2D eigenvalue weighted by Crippen LogP contribution is -2.33. The Kier molecular flexibility index (Phi) is 3.39. The van der Waals surface area contributed by atoms with Gasteiger partial charge in [0, 0.05) is 0 Å². The number of hydrogen-bond donors (Lipinski definition) is 1. The molecule has 1 heterocycles. The van der Waals surface area contributed by atoms with E-state index in [1.54, 1.807) is 0 Å². The summed E-state index contributed by atoms with van der Waals surface area (Å²) in [6.45, 7) is 4.12. The lowest BCUT2D eigenvalue weighted by Gasteiger charge is -2.30. The van der Waals surface area contributed by atoms with Gasteiger partial charge in [0.2, 0.25) is 0 Å². The van der Waals surface area contributed by atoms with Crippen molar-refractivity contribution in [3.8, 4) is 0 Å². The molecular formula is C13H19NO. The summed E-state index contributed by atoms with van der Waals surface area (Å²) in [7, 11) is 0. The van der Waals surface area contributed by atoms with Gasteiger partial charge in [-0.25, -0.2) is 0 Å². The van der Waals surface area contributed by atoms with E-state index >= 15 is 0 Å². The molecule has 0 amide bonds. The van der Waals surface area contributed by atoms with E-state index < -0.39 is 0 Å². The zero-order valence-electron chi connectivity index (χ0n) is 9.26. The van der Waals surface area contributed by atoms with Crippen molar-refractivity contribution in [1.82, 2.24) is 4.90 Å². The maximum atomic E-state index is 9.88. The molecule has 1 N–H and O–H groups in total. The van der Waals surface area contributed by atoms with E-state index in [9.17, 15) is 5.11 Å². The molecule has 1 aliphatic rings. The number of rotatable bonds is 3. The summed E-state index contributed by atoms with van der Waals surface area (Å²) in [5, 5.41) is 9.88. The van der Waals surface area contributed by atoms with Gasteiger partial charge in [-0.1, -0.05) is 30.3 Å². The second-order valence-corrected chi connectivity index (χ2v) is 4.34. The van der Waals surface area contributed by atoms with E-state index in [-0.39, 0.29) is 12.1 Å². The number of aliphatic hydroxyl groups is 1. The molecule has 2 nitrogen and oxygen atoms in total. The lowest BCUT2D eigenvalue weighted by molar-refractivity contribution is 0.0749. The molecule has 0 aliphatic carbocycles. The van der Waals surface area contributed by atoms with Gasteiger partial charge in [-0.15, -0.1) is 0 Å². The van der Waals surface area contributed by atoms with Crippen LogP contribution in [0.1, 0.15) is 31.4 Å². The summed E-state index contributed by atoms with van der Waals surface area (Å²) in [5.74, 6) is 0. The fraction of sp³-hybridized carbons (Fsp3) is 0.538. The fourth-order valence-corrected chi connectivity index (χ4v) is 2.46. The molecule has 1 aromatic rings. The van der Waals surface area contributed by atoms with Crippen molar-refractivity contribution >= 4 is 0 Å². The molecule has 1 aromatic carbocycles. The third-order valence-electron chi connectivity index (χ3n) is 3.13. The van der Waals surface area contributed by atoms with Crippen molar-refractivity contribution in [1.29, 1.82) is 0 Å². The normalized spacial score (nSPS) is 21.5. The van der Waals surface area contributed by atoms with Gasteiger partial charge in [0.25, 0.3) is 0 Å². The molecule has 1 fully saturated rings. The largest absolute Gasteiger partial charge is 0.391 e. The SMILES string of the molecule is C[C@@H](O)[C@H](c1ccccc1)N1CCCC1. The third-order valence-corrected chi connectivity index (χ3v) is 3.13. The van der Waals surface area contributed by atoms with Crippen LogP contribution in [-0.2, 0) is 0 Å². The molecule has 2 atom stereocenters. The molecule has 0 bridgehead atoms. The molecule has 2 rings (SSSR count). The average molecular weight is 205 g/mol. The molecule has 15 heavy (non-hydrogen) atoms. The molecule has 1 saturated heterocycles. The second-order valence-electron chi connectivity index (χ2n) is 4.34. The number of nitrogens with zero attached hydrogens (tertiary/aromatic N) is 1. The molecule has 0 unspecified atom stereocenters. The van der Waals surface area contributed by atoms with Gasteiger partial charge in [0.1, 0.15) is 0 Å². The minimum absolute atomic E-state index is 0.175. The van der Waals surface area contributed by atoms with Crippen molar-refractivity contribution in [3.63, 3.8) is 0 Å². The van der Waals surface area contributed by atoms with Crippen molar-refractivity contribution < 1.29 is 5.11 Å². The molecule has 0 aromatic heterocycles. The van der Waals surface area contributed by atoms with Crippen molar-refractivity contribution in [3.05, 3.63) is 35.9 Å². The monoisotopic (exact) mass is 205 g/mol. The Balaban J connectivity index is 2.19. The maximum absolute atomic E-state index is 9.88. The zero-order chi connectivity index (χ0) is 10.7.